The zero-order valence-electron chi connectivity index (χ0n) is 13.9. The number of hydrogen-bond acceptors (Lipinski definition) is 3. The molecule has 128 valence electrons. The maximum Gasteiger partial charge on any atom is 0.244 e. The van der Waals surface area contributed by atoms with Gasteiger partial charge in [0.1, 0.15) is 4.90 Å². The minimum Gasteiger partial charge on any atom is -0.240 e. The monoisotopic (exact) mass is 353 g/mol. The average Bonchev–Trinajstić information content (AvgIpc) is 3.23. The molecule has 4 rings (SSSR count). The van der Waals surface area contributed by atoms with Gasteiger partial charge in [-0.2, -0.15) is 5.10 Å². The Morgan fingerprint density at radius 3 is 2.76 bits per heavy atom. The third-order valence-electron chi connectivity index (χ3n) is 4.56. The summed E-state index contributed by atoms with van der Waals surface area (Å²) in [5.74, 6) is 0. The second kappa shape index (κ2) is 6.13. The highest BCUT2D eigenvalue weighted by atomic mass is 32.2. The van der Waals surface area contributed by atoms with E-state index in [-0.39, 0.29) is 10.9 Å². The lowest BCUT2D eigenvalue weighted by Crippen LogP contribution is -2.27. The number of nitrogens with one attached hydrogen (secondary N) is 1. The maximum atomic E-state index is 12.7. The Kier molecular flexibility index (Phi) is 3.94. The van der Waals surface area contributed by atoms with Crippen LogP contribution in [-0.2, 0) is 16.4 Å². The van der Waals surface area contributed by atoms with Crippen molar-refractivity contribution in [2.24, 2.45) is 0 Å². The van der Waals surface area contributed by atoms with Gasteiger partial charge in [-0.15, -0.1) is 0 Å². The van der Waals surface area contributed by atoms with Crippen LogP contribution in [0.4, 0.5) is 0 Å². The van der Waals surface area contributed by atoms with E-state index in [0.717, 1.165) is 24.1 Å². The molecule has 1 aliphatic carbocycles. The van der Waals surface area contributed by atoms with E-state index >= 15 is 0 Å². The highest BCUT2D eigenvalue weighted by molar-refractivity contribution is 7.89. The van der Waals surface area contributed by atoms with Crippen LogP contribution < -0.4 is 4.72 Å². The van der Waals surface area contributed by atoms with Crippen molar-refractivity contribution in [2.45, 2.75) is 30.7 Å². The molecule has 1 aliphatic rings. The third-order valence-corrected chi connectivity index (χ3v) is 5.99. The Morgan fingerprint density at radius 2 is 1.96 bits per heavy atom. The molecule has 2 aromatic carbocycles. The first-order chi connectivity index (χ1) is 12.0. The SMILES string of the molecule is Cc1ccc2c(c1)CCC2NS(=O)(=O)c1cnn(-c2ccccc2)c1. The Labute approximate surface area is 147 Å². The van der Waals surface area contributed by atoms with Gasteiger partial charge in [-0.25, -0.2) is 17.8 Å². The third kappa shape index (κ3) is 3.10. The van der Waals surface area contributed by atoms with Crippen molar-refractivity contribution >= 4 is 10.0 Å². The van der Waals surface area contributed by atoms with Crippen LogP contribution in [0, 0.1) is 6.92 Å². The molecular formula is C19H19N3O2S. The van der Waals surface area contributed by atoms with E-state index < -0.39 is 10.0 Å². The first-order valence-electron chi connectivity index (χ1n) is 8.25. The van der Waals surface area contributed by atoms with Crippen molar-refractivity contribution in [3.05, 3.63) is 77.6 Å². The Morgan fingerprint density at radius 1 is 1.16 bits per heavy atom. The highest BCUT2D eigenvalue weighted by Crippen LogP contribution is 2.32. The standard InChI is InChI=1S/C19H19N3O2S/c1-14-7-9-18-15(11-14)8-10-19(18)21-25(23,24)17-12-20-22(13-17)16-5-3-2-4-6-16/h2-7,9,11-13,19,21H,8,10H2,1H3. The van der Waals surface area contributed by atoms with Crippen LogP contribution >= 0.6 is 0 Å². The van der Waals surface area contributed by atoms with Gasteiger partial charge < -0.3 is 0 Å². The lowest BCUT2D eigenvalue weighted by atomic mass is 10.1. The van der Waals surface area contributed by atoms with Gasteiger partial charge in [0.2, 0.25) is 10.0 Å². The minimum atomic E-state index is -3.62. The second-order valence-electron chi connectivity index (χ2n) is 6.37. The largest absolute Gasteiger partial charge is 0.244 e. The molecule has 3 aromatic rings. The number of nitrogens with zero attached hydrogens (tertiary/aromatic N) is 2. The molecule has 6 heteroatoms. The van der Waals surface area contributed by atoms with Gasteiger partial charge in [0, 0.05) is 6.04 Å². The Bertz CT molecular complexity index is 1010. The minimum absolute atomic E-state index is 0.178. The molecule has 0 aliphatic heterocycles. The molecule has 0 saturated heterocycles. The van der Waals surface area contributed by atoms with Crippen molar-refractivity contribution < 1.29 is 8.42 Å². The zero-order valence-corrected chi connectivity index (χ0v) is 14.7. The van der Waals surface area contributed by atoms with E-state index in [2.05, 4.69) is 22.8 Å². The summed E-state index contributed by atoms with van der Waals surface area (Å²) < 4.78 is 29.9. The predicted octanol–water partition coefficient (Wildman–Crippen LogP) is 3.15. The van der Waals surface area contributed by atoms with Gasteiger partial charge in [0.15, 0.2) is 0 Å². The summed E-state index contributed by atoms with van der Waals surface area (Å²) >= 11 is 0. The molecule has 1 aromatic heterocycles. The molecule has 25 heavy (non-hydrogen) atoms. The van der Waals surface area contributed by atoms with Crippen LogP contribution in [0.3, 0.4) is 0 Å². The van der Waals surface area contributed by atoms with Crippen molar-refractivity contribution in [1.29, 1.82) is 0 Å². The van der Waals surface area contributed by atoms with Gasteiger partial charge in [0.25, 0.3) is 0 Å². The number of benzene rings is 2. The molecule has 5 nitrogen and oxygen atoms in total. The molecule has 0 amide bonds. The van der Waals surface area contributed by atoms with Gasteiger partial charge in [0.05, 0.1) is 18.1 Å². The summed E-state index contributed by atoms with van der Waals surface area (Å²) in [7, 11) is -3.62. The number of para-hydroxylation sites is 1. The number of aromatic nitrogens is 2. The van der Waals surface area contributed by atoms with E-state index in [0.29, 0.717) is 0 Å². The fourth-order valence-electron chi connectivity index (χ4n) is 3.29. The van der Waals surface area contributed by atoms with Gasteiger partial charge in [-0.1, -0.05) is 42.0 Å². The van der Waals surface area contributed by atoms with E-state index in [1.165, 1.54) is 17.3 Å². The lowest BCUT2D eigenvalue weighted by molar-refractivity contribution is 0.554. The zero-order chi connectivity index (χ0) is 17.4. The van der Waals surface area contributed by atoms with Crippen LogP contribution in [-0.4, -0.2) is 18.2 Å². The van der Waals surface area contributed by atoms with Crippen molar-refractivity contribution in [2.75, 3.05) is 0 Å². The van der Waals surface area contributed by atoms with Crippen LogP contribution in [0.2, 0.25) is 0 Å². The summed E-state index contributed by atoms with van der Waals surface area (Å²) in [4.78, 5) is 0.178. The predicted molar refractivity (Wildman–Crippen MR) is 96.1 cm³/mol. The molecule has 1 atom stereocenters. The summed E-state index contributed by atoms with van der Waals surface area (Å²) in [5.41, 5.74) is 4.33. The smallest absolute Gasteiger partial charge is 0.240 e. The van der Waals surface area contributed by atoms with Crippen LogP contribution in [0.5, 0.6) is 0 Å². The molecule has 1 N–H and O–H groups in total. The van der Waals surface area contributed by atoms with E-state index in [9.17, 15) is 8.42 Å². The molecule has 0 fully saturated rings. The Balaban J connectivity index is 1.59. The summed E-state index contributed by atoms with van der Waals surface area (Å²) in [6.07, 6.45) is 4.61. The van der Waals surface area contributed by atoms with Crippen LogP contribution in [0.25, 0.3) is 5.69 Å². The molecule has 0 saturated carbocycles. The van der Waals surface area contributed by atoms with Crippen molar-refractivity contribution in [3.63, 3.8) is 0 Å². The van der Waals surface area contributed by atoms with Crippen LogP contribution in [0.15, 0.2) is 65.8 Å². The average molecular weight is 353 g/mol. The van der Waals surface area contributed by atoms with E-state index in [1.54, 1.807) is 10.9 Å². The lowest BCUT2D eigenvalue weighted by Gasteiger charge is -2.13. The summed E-state index contributed by atoms with van der Waals surface area (Å²) in [5, 5.41) is 4.18. The fourth-order valence-corrected chi connectivity index (χ4v) is 4.47. The first-order valence-corrected chi connectivity index (χ1v) is 9.73. The number of fused-ring (bicyclic) bond motifs is 1. The second-order valence-corrected chi connectivity index (χ2v) is 8.08. The maximum absolute atomic E-state index is 12.7. The molecule has 0 bridgehead atoms. The quantitative estimate of drug-likeness (QED) is 0.784. The number of sulfonamides is 1. The first kappa shape index (κ1) is 16.1. The molecular weight excluding hydrogens is 334 g/mol. The Hall–Kier alpha value is -2.44. The number of aryl methyl sites for hydroxylation is 2. The van der Waals surface area contributed by atoms with Crippen molar-refractivity contribution in [3.8, 4) is 5.69 Å². The fraction of sp³-hybridized carbons (Fsp3) is 0.211. The molecule has 0 spiro atoms. The summed E-state index contributed by atoms with van der Waals surface area (Å²) in [6.45, 7) is 2.05. The topological polar surface area (TPSA) is 64.0 Å². The summed E-state index contributed by atoms with van der Waals surface area (Å²) in [6, 6.07) is 15.5. The van der Waals surface area contributed by atoms with Gasteiger partial charge in [-0.3, -0.25) is 0 Å². The molecule has 1 heterocycles. The van der Waals surface area contributed by atoms with E-state index in [4.69, 9.17) is 0 Å². The number of rotatable bonds is 4. The molecule has 1 unspecified atom stereocenters. The van der Waals surface area contributed by atoms with Crippen LogP contribution in [0.1, 0.15) is 29.2 Å². The highest BCUT2D eigenvalue weighted by Gasteiger charge is 2.28. The van der Waals surface area contributed by atoms with Gasteiger partial charge in [-0.05, 0) is 43.0 Å². The van der Waals surface area contributed by atoms with Crippen molar-refractivity contribution in [1.82, 2.24) is 14.5 Å². The molecule has 0 radical (unpaired) electrons. The normalized spacial score (nSPS) is 16.8. The van der Waals surface area contributed by atoms with E-state index in [1.807, 2.05) is 42.5 Å². The van der Waals surface area contributed by atoms with Gasteiger partial charge >= 0.3 is 0 Å². The number of hydrogen-bond donors (Lipinski definition) is 1.